The second-order valence-electron chi connectivity index (χ2n) is 6.86. The highest BCUT2D eigenvalue weighted by Gasteiger charge is 2.06. The molecule has 0 unspecified atom stereocenters. The van der Waals surface area contributed by atoms with Crippen molar-refractivity contribution >= 4 is 34.4 Å². The fraction of sp³-hybridized carbons (Fsp3) is 0.200. The van der Waals surface area contributed by atoms with Crippen molar-refractivity contribution in [3.63, 3.8) is 0 Å². The van der Waals surface area contributed by atoms with Gasteiger partial charge >= 0.3 is 5.97 Å². The summed E-state index contributed by atoms with van der Waals surface area (Å²) in [6.07, 6.45) is 6.38. The summed E-state index contributed by atoms with van der Waals surface area (Å²) >= 11 is 0. The maximum Gasteiger partial charge on any atom is 0.331 e. The maximum absolute atomic E-state index is 12.0. The lowest BCUT2D eigenvalue weighted by Crippen LogP contribution is -2.20. The lowest BCUT2D eigenvalue weighted by Gasteiger charge is -2.07. The summed E-state index contributed by atoms with van der Waals surface area (Å²) in [7, 11) is 0. The summed E-state index contributed by atoms with van der Waals surface area (Å²) in [6.45, 7) is 1.84. The normalized spacial score (nSPS) is 10.9. The Balaban J connectivity index is 1.49. The molecule has 4 nitrogen and oxygen atoms in total. The van der Waals surface area contributed by atoms with Crippen molar-refractivity contribution in [2.24, 2.45) is 0 Å². The molecule has 0 aliphatic heterocycles. The van der Waals surface area contributed by atoms with Gasteiger partial charge in [0.2, 0.25) is 0 Å². The molecule has 0 atom stereocenters. The van der Waals surface area contributed by atoms with E-state index in [0.717, 1.165) is 35.6 Å². The molecule has 0 saturated carbocycles. The molecule has 0 radical (unpaired) electrons. The van der Waals surface area contributed by atoms with Gasteiger partial charge in [0, 0.05) is 11.8 Å². The number of rotatable bonds is 8. The lowest BCUT2D eigenvalue weighted by atomic mass is 10.0. The van der Waals surface area contributed by atoms with Crippen LogP contribution in [0.2, 0.25) is 0 Å². The second-order valence-corrected chi connectivity index (χ2v) is 6.86. The number of carbonyl (C=O) groups excluding carboxylic acids is 2. The van der Waals surface area contributed by atoms with Gasteiger partial charge in [0.05, 0.1) is 0 Å². The van der Waals surface area contributed by atoms with Crippen LogP contribution in [0.1, 0.15) is 30.9 Å². The molecule has 0 spiro atoms. The van der Waals surface area contributed by atoms with E-state index in [9.17, 15) is 9.59 Å². The van der Waals surface area contributed by atoms with Crippen LogP contribution in [0.25, 0.3) is 16.8 Å². The summed E-state index contributed by atoms with van der Waals surface area (Å²) in [4.78, 5) is 24.0. The number of benzene rings is 3. The van der Waals surface area contributed by atoms with Crippen molar-refractivity contribution in [1.29, 1.82) is 0 Å². The molecule has 3 rings (SSSR count). The Morgan fingerprint density at radius 3 is 2.52 bits per heavy atom. The van der Waals surface area contributed by atoms with E-state index < -0.39 is 5.97 Å². The molecule has 148 valence electrons. The topological polar surface area (TPSA) is 55.4 Å². The van der Waals surface area contributed by atoms with Gasteiger partial charge in [-0.05, 0) is 52.9 Å². The molecule has 1 N–H and O–H groups in total. The van der Waals surface area contributed by atoms with E-state index in [1.165, 1.54) is 11.6 Å². The van der Waals surface area contributed by atoms with Gasteiger partial charge in [-0.3, -0.25) is 4.79 Å². The van der Waals surface area contributed by atoms with Crippen LogP contribution in [0.4, 0.5) is 5.69 Å². The van der Waals surface area contributed by atoms with Crippen molar-refractivity contribution in [2.75, 3.05) is 11.9 Å². The first-order valence-corrected chi connectivity index (χ1v) is 9.87. The van der Waals surface area contributed by atoms with E-state index in [1.54, 1.807) is 6.08 Å². The van der Waals surface area contributed by atoms with E-state index in [4.69, 9.17) is 4.74 Å². The third kappa shape index (κ3) is 6.04. The highest BCUT2D eigenvalue weighted by atomic mass is 16.5. The molecule has 0 fully saturated rings. The quantitative estimate of drug-likeness (QED) is 0.417. The second kappa shape index (κ2) is 10.2. The fourth-order valence-electron chi connectivity index (χ4n) is 3.07. The SMILES string of the molecule is CCCCc1ccc(NC(=O)COC(=O)/C=C/c2cccc3ccccc23)cc1. The number of esters is 1. The summed E-state index contributed by atoms with van der Waals surface area (Å²) in [5, 5.41) is 4.89. The predicted molar refractivity (Wildman–Crippen MR) is 118 cm³/mol. The number of aryl methyl sites for hydroxylation is 1. The monoisotopic (exact) mass is 387 g/mol. The van der Waals surface area contributed by atoms with Crippen LogP contribution in [0.15, 0.2) is 72.8 Å². The van der Waals surface area contributed by atoms with E-state index in [1.807, 2.05) is 66.7 Å². The number of anilines is 1. The van der Waals surface area contributed by atoms with Gasteiger partial charge in [0.25, 0.3) is 5.91 Å². The fourth-order valence-corrected chi connectivity index (χ4v) is 3.07. The highest BCUT2D eigenvalue weighted by Crippen LogP contribution is 2.19. The number of unbranched alkanes of at least 4 members (excludes halogenated alkanes) is 1. The lowest BCUT2D eigenvalue weighted by molar-refractivity contribution is -0.142. The summed E-state index contributed by atoms with van der Waals surface area (Å²) in [6, 6.07) is 21.6. The van der Waals surface area contributed by atoms with Gasteiger partial charge in [-0.25, -0.2) is 4.79 Å². The molecule has 0 aliphatic rings. The van der Waals surface area contributed by atoms with Crippen LogP contribution in [0.5, 0.6) is 0 Å². The minimum absolute atomic E-state index is 0.323. The number of nitrogens with one attached hydrogen (secondary N) is 1. The maximum atomic E-state index is 12.0. The minimum Gasteiger partial charge on any atom is -0.452 e. The van der Waals surface area contributed by atoms with E-state index >= 15 is 0 Å². The number of fused-ring (bicyclic) bond motifs is 1. The molecule has 4 heteroatoms. The molecule has 3 aromatic carbocycles. The van der Waals surface area contributed by atoms with Gasteiger partial charge < -0.3 is 10.1 Å². The van der Waals surface area contributed by atoms with Crippen molar-refractivity contribution in [3.05, 3.63) is 83.9 Å². The van der Waals surface area contributed by atoms with E-state index in [0.29, 0.717) is 5.69 Å². The Kier molecular flexibility index (Phi) is 7.17. The Labute approximate surface area is 171 Å². The number of hydrogen-bond donors (Lipinski definition) is 1. The molecule has 0 aliphatic carbocycles. The molecule has 1 amide bonds. The minimum atomic E-state index is -0.553. The van der Waals surface area contributed by atoms with Crippen molar-refractivity contribution < 1.29 is 14.3 Å². The first-order chi connectivity index (χ1) is 14.2. The van der Waals surface area contributed by atoms with Crippen LogP contribution >= 0.6 is 0 Å². The Bertz CT molecular complexity index is 1000. The molecule has 0 aromatic heterocycles. The zero-order valence-corrected chi connectivity index (χ0v) is 16.6. The van der Waals surface area contributed by atoms with Crippen molar-refractivity contribution in [2.45, 2.75) is 26.2 Å². The first kappa shape index (κ1) is 20.3. The molecular weight excluding hydrogens is 362 g/mol. The van der Waals surface area contributed by atoms with Crippen LogP contribution in [-0.2, 0) is 20.7 Å². The third-order valence-electron chi connectivity index (χ3n) is 4.62. The highest BCUT2D eigenvalue weighted by molar-refractivity contribution is 5.97. The Morgan fingerprint density at radius 1 is 0.966 bits per heavy atom. The van der Waals surface area contributed by atoms with Gasteiger partial charge in [0.15, 0.2) is 6.61 Å². The van der Waals surface area contributed by atoms with Crippen LogP contribution < -0.4 is 5.32 Å². The molecule has 0 saturated heterocycles. The summed E-state index contributed by atoms with van der Waals surface area (Å²) in [5.74, 6) is -0.916. The molecule has 3 aromatic rings. The molecule has 0 bridgehead atoms. The van der Waals surface area contributed by atoms with E-state index in [-0.39, 0.29) is 12.5 Å². The van der Waals surface area contributed by atoms with Gasteiger partial charge in [-0.15, -0.1) is 0 Å². The average molecular weight is 387 g/mol. The third-order valence-corrected chi connectivity index (χ3v) is 4.62. The van der Waals surface area contributed by atoms with Crippen molar-refractivity contribution in [3.8, 4) is 0 Å². The number of amides is 1. The summed E-state index contributed by atoms with van der Waals surface area (Å²) in [5.41, 5.74) is 2.86. The first-order valence-electron chi connectivity index (χ1n) is 9.87. The van der Waals surface area contributed by atoms with Gasteiger partial charge in [-0.2, -0.15) is 0 Å². The van der Waals surface area contributed by atoms with Gasteiger partial charge in [-0.1, -0.05) is 67.9 Å². The molecule has 0 heterocycles. The van der Waals surface area contributed by atoms with Gasteiger partial charge in [0.1, 0.15) is 0 Å². The molecule has 29 heavy (non-hydrogen) atoms. The number of ether oxygens (including phenoxy) is 1. The van der Waals surface area contributed by atoms with Crippen molar-refractivity contribution in [1.82, 2.24) is 0 Å². The smallest absolute Gasteiger partial charge is 0.331 e. The number of hydrogen-bond acceptors (Lipinski definition) is 3. The average Bonchev–Trinajstić information content (AvgIpc) is 2.75. The Morgan fingerprint density at radius 2 is 1.72 bits per heavy atom. The van der Waals surface area contributed by atoms with Crippen LogP contribution in [0, 0.1) is 0 Å². The zero-order chi connectivity index (χ0) is 20.5. The largest absolute Gasteiger partial charge is 0.452 e. The molecular formula is C25H25NO3. The van der Waals surface area contributed by atoms with Crippen LogP contribution in [-0.4, -0.2) is 18.5 Å². The zero-order valence-electron chi connectivity index (χ0n) is 16.6. The predicted octanol–water partition coefficient (Wildman–Crippen LogP) is 5.38. The Hall–Kier alpha value is -3.40. The summed E-state index contributed by atoms with van der Waals surface area (Å²) < 4.78 is 5.05. The van der Waals surface area contributed by atoms with Crippen LogP contribution in [0.3, 0.4) is 0 Å². The van der Waals surface area contributed by atoms with E-state index in [2.05, 4.69) is 12.2 Å². The number of carbonyl (C=O) groups is 2. The standard InChI is InChI=1S/C25H25NO3/c1-2-3-7-19-12-15-22(16-13-19)26-24(27)18-29-25(28)17-14-21-10-6-9-20-8-4-5-11-23(20)21/h4-6,8-17H,2-3,7,18H2,1H3,(H,26,27)/b17-14+.